The van der Waals surface area contributed by atoms with Gasteiger partial charge in [0, 0.05) is 6.42 Å². The van der Waals surface area contributed by atoms with Gasteiger partial charge in [0.2, 0.25) is 23.6 Å². The average molecular weight is 596 g/mol. The molecule has 0 unspecified atom stereocenters. The van der Waals surface area contributed by atoms with Gasteiger partial charge < -0.3 is 47.4 Å². The second-order valence-corrected chi connectivity index (χ2v) is 10.3. The Morgan fingerprint density at radius 3 is 1.83 bits per heavy atom. The maximum atomic E-state index is 13.1. The second-order valence-electron chi connectivity index (χ2n) is 10.3. The highest BCUT2D eigenvalue weighted by Gasteiger charge is 2.34. The number of nitrogens with two attached hydrogens (primary N) is 1. The molecular formula is C27H41N5O10. The number of benzene rings is 1. The third-order valence-electron chi connectivity index (χ3n) is 6.11. The fourth-order valence-corrected chi connectivity index (χ4v) is 3.86. The molecule has 0 aliphatic heterocycles. The van der Waals surface area contributed by atoms with E-state index in [0.29, 0.717) is 0 Å². The number of rotatable bonds is 18. The molecule has 0 aromatic heterocycles. The normalized spacial score (nSPS) is 15.3. The number of hydrogen-bond acceptors (Lipinski definition) is 9. The Labute approximate surface area is 243 Å². The Bertz CT molecular complexity index is 1080. The molecule has 0 saturated carbocycles. The van der Waals surface area contributed by atoms with Crippen molar-refractivity contribution in [3.8, 4) is 0 Å². The predicted octanol–water partition coefficient (Wildman–Crippen LogP) is -2.14. The van der Waals surface area contributed by atoms with Gasteiger partial charge in [-0.3, -0.25) is 24.0 Å². The summed E-state index contributed by atoms with van der Waals surface area (Å²) in [6.07, 6.45) is -2.18. The first-order chi connectivity index (χ1) is 19.7. The van der Waals surface area contributed by atoms with E-state index in [2.05, 4.69) is 21.3 Å². The molecule has 15 nitrogen and oxygen atoms in total. The quantitative estimate of drug-likeness (QED) is 0.0885. The lowest BCUT2D eigenvalue weighted by Crippen LogP contribution is -2.61. The molecule has 0 fully saturated rings. The van der Waals surface area contributed by atoms with E-state index in [1.165, 1.54) is 6.92 Å². The van der Waals surface area contributed by atoms with E-state index < -0.39 is 84.9 Å². The topological polar surface area (TPSA) is 257 Å². The van der Waals surface area contributed by atoms with Gasteiger partial charge in [-0.05, 0) is 37.7 Å². The van der Waals surface area contributed by atoms with Crippen molar-refractivity contribution in [2.75, 3.05) is 6.61 Å². The van der Waals surface area contributed by atoms with Crippen molar-refractivity contribution < 1.29 is 49.2 Å². The van der Waals surface area contributed by atoms with Crippen molar-refractivity contribution in [1.29, 1.82) is 0 Å². The molecule has 234 valence electrons. The average Bonchev–Trinajstić information content (AvgIpc) is 2.91. The van der Waals surface area contributed by atoms with Gasteiger partial charge in [-0.25, -0.2) is 4.79 Å². The van der Waals surface area contributed by atoms with Crippen molar-refractivity contribution in [3.63, 3.8) is 0 Å². The fourth-order valence-electron chi connectivity index (χ4n) is 3.86. The number of amides is 4. The Morgan fingerprint density at radius 2 is 1.33 bits per heavy atom. The number of nitrogens with one attached hydrogen (secondary N) is 4. The molecule has 4 amide bonds. The first kappa shape index (κ1) is 35.9. The highest BCUT2D eigenvalue weighted by Crippen LogP contribution is 2.08. The summed E-state index contributed by atoms with van der Waals surface area (Å²) in [7, 11) is 0. The predicted molar refractivity (Wildman–Crippen MR) is 149 cm³/mol. The van der Waals surface area contributed by atoms with Crippen LogP contribution in [0.15, 0.2) is 30.3 Å². The largest absolute Gasteiger partial charge is 0.481 e. The van der Waals surface area contributed by atoms with Gasteiger partial charge in [0.25, 0.3) is 0 Å². The van der Waals surface area contributed by atoms with Crippen molar-refractivity contribution >= 4 is 35.6 Å². The number of aliphatic carboxylic acids is 2. The summed E-state index contributed by atoms with van der Waals surface area (Å²) < 4.78 is 0. The van der Waals surface area contributed by atoms with Gasteiger partial charge in [0.05, 0.1) is 18.8 Å². The van der Waals surface area contributed by atoms with E-state index in [4.69, 9.17) is 15.9 Å². The molecule has 42 heavy (non-hydrogen) atoms. The van der Waals surface area contributed by atoms with Crippen LogP contribution in [0.25, 0.3) is 0 Å². The first-order valence-electron chi connectivity index (χ1n) is 13.4. The summed E-state index contributed by atoms with van der Waals surface area (Å²) in [5, 5.41) is 46.9. The van der Waals surface area contributed by atoms with Gasteiger partial charge in [-0.1, -0.05) is 44.2 Å². The molecule has 1 rings (SSSR count). The molecule has 1 aromatic rings. The molecule has 0 spiro atoms. The van der Waals surface area contributed by atoms with Crippen molar-refractivity contribution in [2.45, 2.75) is 82.8 Å². The van der Waals surface area contributed by atoms with Crippen LogP contribution < -0.4 is 27.0 Å². The monoisotopic (exact) mass is 595 g/mol. The van der Waals surface area contributed by atoms with E-state index in [0.717, 1.165) is 5.56 Å². The summed E-state index contributed by atoms with van der Waals surface area (Å²) in [5.74, 6) is -6.53. The lowest BCUT2D eigenvalue weighted by molar-refractivity contribution is -0.143. The van der Waals surface area contributed by atoms with Gasteiger partial charge in [-0.2, -0.15) is 0 Å². The summed E-state index contributed by atoms with van der Waals surface area (Å²) >= 11 is 0. The van der Waals surface area contributed by atoms with Crippen molar-refractivity contribution in [3.05, 3.63) is 35.9 Å². The van der Waals surface area contributed by atoms with E-state index in [9.17, 15) is 39.0 Å². The van der Waals surface area contributed by atoms with Crippen LogP contribution in [-0.2, 0) is 35.2 Å². The number of aliphatic hydroxyl groups is 2. The van der Waals surface area contributed by atoms with Crippen LogP contribution in [0.2, 0.25) is 0 Å². The van der Waals surface area contributed by atoms with E-state index in [-0.39, 0.29) is 25.2 Å². The zero-order chi connectivity index (χ0) is 32.0. The minimum absolute atomic E-state index is 0.0480. The number of carbonyl (C=O) groups is 6. The van der Waals surface area contributed by atoms with Gasteiger partial charge >= 0.3 is 11.9 Å². The molecular weight excluding hydrogens is 554 g/mol. The van der Waals surface area contributed by atoms with Crippen molar-refractivity contribution in [1.82, 2.24) is 21.3 Å². The maximum Gasteiger partial charge on any atom is 0.328 e. The molecule has 0 aliphatic rings. The van der Waals surface area contributed by atoms with Crippen LogP contribution in [0, 0.1) is 5.92 Å². The first-order valence-corrected chi connectivity index (χ1v) is 13.4. The zero-order valence-corrected chi connectivity index (χ0v) is 23.8. The van der Waals surface area contributed by atoms with Gasteiger partial charge in [0.1, 0.15) is 24.2 Å². The summed E-state index contributed by atoms with van der Waals surface area (Å²) in [6.45, 7) is 3.77. The molecule has 15 heteroatoms. The highest BCUT2D eigenvalue weighted by molar-refractivity contribution is 5.95. The zero-order valence-electron chi connectivity index (χ0n) is 23.8. The molecule has 0 heterocycles. The minimum Gasteiger partial charge on any atom is -0.481 e. The SMILES string of the molecule is CC(C)C[C@H](NC(=O)[C@@H](NC(=O)[C@H](CCC(=O)O)NC(=O)[C@@H](N)Cc1ccccc1)[C@@H](C)O)C(=O)N[C@@H](CO)C(=O)O. The standard InChI is InChI=1S/C27H41N5O10/c1-14(2)11-19(25(39)31-20(13-33)27(41)42)30-26(40)22(15(3)34)32-24(38)18(9-10-21(35)36)29-23(37)17(28)12-16-7-5-4-6-8-16/h4-8,14-15,17-20,22,33-34H,9-13,28H2,1-3H3,(H,29,37)(H,30,40)(H,31,39)(H,32,38)(H,35,36)(H,41,42)/t15-,17+,18+,19+,20+,22+/m1/s1. The van der Waals surface area contributed by atoms with Crippen molar-refractivity contribution in [2.24, 2.45) is 11.7 Å². The third kappa shape index (κ3) is 12.6. The Hall–Kier alpha value is -4.08. The van der Waals surface area contributed by atoms with Crippen LogP contribution in [0.5, 0.6) is 0 Å². The second kappa shape index (κ2) is 17.7. The molecule has 10 N–H and O–H groups in total. The van der Waals surface area contributed by atoms with Crippen LogP contribution >= 0.6 is 0 Å². The minimum atomic E-state index is -1.64. The van der Waals surface area contributed by atoms with E-state index >= 15 is 0 Å². The van der Waals surface area contributed by atoms with Gasteiger partial charge in [0.15, 0.2) is 0 Å². The molecule has 0 saturated heterocycles. The smallest absolute Gasteiger partial charge is 0.328 e. The number of aliphatic hydroxyl groups excluding tert-OH is 2. The summed E-state index contributed by atoms with van der Waals surface area (Å²) in [5.41, 5.74) is 6.74. The molecule has 0 radical (unpaired) electrons. The number of carboxylic acids is 2. The van der Waals surface area contributed by atoms with E-state index in [1.54, 1.807) is 44.2 Å². The number of carboxylic acid groups (broad SMARTS) is 2. The number of carbonyl (C=O) groups excluding carboxylic acids is 4. The number of hydrogen-bond donors (Lipinski definition) is 9. The molecule has 0 aliphatic carbocycles. The van der Waals surface area contributed by atoms with Crippen LogP contribution in [0.4, 0.5) is 0 Å². The summed E-state index contributed by atoms with van der Waals surface area (Å²) in [6, 6.07) is 1.76. The Balaban J connectivity index is 3.06. The molecule has 1 aromatic carbocycles. The molecule has 6 atom stereocenters. The lowest BCUT2D eigenvalue weighted by atomic mass is 10.0. The van der Waals surface area contributed by atoms with Crippen LogP contribution in [0.1, 0.15) is 45.6 Å². The fraction of sp³-hybridized carbons (Fsp3) is 0.556. The third-order valence-corrected chi connectivity index (χ3v) is 6.11. The van der Waals surface area contributed by atoms with E-state index in [1.807, 2.05) is 0 Å². The Kier molecular flexibility index (Phi) is 15.1. The van der Waals surface area contributed by atoms with Crippen LogP contribution in [0.3, 0.4) is 0 Å². The van der Waals surface area contributed by atoms with Crippen LogP contribution in [-0.4, -0.2) is 98.9 Å². The maximum absolute atomic E-state index is 13.1. The highest BCUT2D eigenvalue weighted by atomic mass is 16.4. The summed E-state index contributed by atoms with van der Waals surface area (Å²) in [4.78, 5) is 74.1. The lowest BCUT2D eigenvalue weighted by Gasteiger charge is -2.28. The molecule has 0 bridgehead atoms. The Morgan fingerprint density at radius 1 is 0.786 bits per heavy atom. The van der Waals surface area contributed by atoms with Gasteiger partial charge in [-0.15, -0.1) is 0 Å².